The van der Waals surface area contributed by atoms with E-state index in [1.54, 1.807) is 18.2 Å². The largest absolute Gasteiger partial charge is 0.496 e. The van der Waals surface area contributed by atoms with Crippen LogP contribution >= 0.6 is 0 Å². The maximum Gasteiger partial charge on any atom is 0.344 e. The van der Waals surface area contributed by atoms with Gasteiger partial charge in [0.05, 0.1) is 13.7 Å². The van der Waals surface area contributed by atoms with Crippen LogP contribution in [0, 0.1) is 5.92 Å². The van der Waals surface area contributed by atoms with Crippen molar-refractivity contribution in [2.45, 2.75) is 20.3 Å². The molecule has 1 rings (SSSR count). The normalized spacial score (nSPS) is 10.4. The van der Waals surface area contributed by atoms with E-state index in [0.29, 0.717) is 29.5 Å². The molecule has 0 spiro atoms. The van der Waals surface area contributed by atoms with Crippen molar-refractivity contribution >= 4 is 11.7 Å². The van der Waals surface area contributed by atoms with Crippen molar-refractivity contribution < 1.29 is 14.3 Å². The highest BCUT2D eigenvalue weighted by molar-refractivity contribution is 5.98. The lowest BCUT2D eigenvalue weighted by Crippen LogP contribution is -2.11. The fourth-order valence-corrected chi connectivity index (χ4v) is 1.40. The highest BCUT2D eigenvalue weighted by Gasteiger charge is 2.17. The molecule has 0 heterocycles. The van der Waals surface area contributed by atoms with Crippen molar-refractivity contribution in [3.8, 4) is 5.75 Å². The van der Waals surface area contributed by atoms with E-state index in [-0.39, 0.29) is 0 Å². The summed E-state index contributed by atoms with van der Waals surface area (Å²) in [7, 11) is 1.50. The lowest BCUT2D eigenvalue weighted by Gasteiger charge is -2.11. The number of benzene rings is 1. The van der Waals surface area contributed by atoms with Crippen molar-refractivity contribution in [2.24, 2.45) is 5.92 Å². The first-order valence-corrected chi connectivity index (χ1v) is 5.65. The number of nitrogen functional groups attached to an aromatic ring is 1. The number of hydrogen-bond acceptors (Lipinski definition) is 4. The molecule has 0 atom stereocenters. The molecule has 0 unspecified atom stereocenters. The van der Waals surface area contributed by atoms with Crippen LogP contribution in [-0.2, 0) is 4.74 Å². The van der Waals surface area contributed by atoms with E-state index in [9.17, 15) is 4.79 Å². The van der Waals surface area contributed by atoms with Crippen LogP contribution in [0.25, 0.3) is 0 Å². The number of rotatable bonds is 5. The summed E-state index contributed by atoms with van der Waals surface area (Å²) in [6.45, 7) is 4.55. The van der Waals surface area contributed by atoms with Crippen LogP contribution in [-0.4, -0.2) is 19.7 Å². The van der Waals surface area contributed by atoms with Crippen molar-refractivity contribution in [1.82, 2.24) is 0 Å². The Kier molecular flexibility index (Phi) is 4.82. The summed E-state index contributed by atoms with van der Waals surface area (Å²) in [5.74, 6) is 0.512. The van der Waals surface area contributed by atoms with Crippen LogP contribution in [0.1, 0.15) is 30.6 Å². The summed E-state index contributed by atoms with van der Waals surface area (Å²) in [4.78, 5) is 11.8. The van der Waals surface area contributed by atoms with E-state index in [1.165, 1.54) is 7.11 Å². The molecule has 0 bridgehead atoms. The quantitative estimate of drug-likeness (QED) is 0.631. The molecule has 0 saturated carbocycles. The third kappa shape index (κ3) is 3.66. The molecule has 0 aliphatic rings. The van der Waals surface area contributed by atoms with Crippen LogP contribution < -0.4 is 10.5 Å². The fourth-order valence-electron chi connectivity index (χ4n) is 1.40. The number of hydrogen-bond donors (Lipinski definition) is 1. The summed E-state index contributed by atoms with van der Waals surface area (Å²) in [6.07, 6.45) is 0.834. The van der Waals surface area contributed by atoms with Crippen molar-refractivity contribution in [1.29, 1.82) is 0 Å². The highest BCUT2D eigenvalue weighted by atomic mass is 16.5. The lowest BCUT2D eigenvalue weighted by molar-refractivity contribution is 0.0486. The SMILES string of the molecule is COc1cccc(N)c1C(=O)OCCC(C)C. The molecular weight excluding hydrogens is 218 g/mol. The molecule has 94 valence electrons. The molecule has 0 aliphatic carbocycles. The van der Waals surface area contributed by atoms with Gasteiger partial charge in [-0.3, -0.25) is 0 Å². The van der Waals surface area contributed by atoms with Gasteiger partial charge in [0.2, 0.25) is 0 Å². The summed E-state index contributed by atoms with van der Waals surface area (Å²) in [5.41, 5.74) is 6.43. The second-order valence-corrected chi connectivity index (χ2v) is 4.24. The first kappa shape index (κ1) is 13.4. The van der Waals surface area contributed by atoms with E-state index in [1.807, 2.05) is 0 Å². The van der Waals surface area contributed by atoms with Gasteiger partial charge in [-0.2, -0.15) is 0 Å². The van der Waals surface area contributed by atoms with Gasteiger partial charge >= 0.3 is 5.97 Å². The number of methoxy groups -OCH3 is 1. The smallest absolute Gasteiger partial charge is 0.344 e. The van der Waals surface area contributed by atoms with Gasteiger partial charge in [0.25, 0.3) is 0 Å². The third-order valence-electron chi connectivity index (χ3n) is 2.41. The maximum atomic E-state index is 11.8. The maximum absolute atomic E-state index is 11.8. The molecule has 0 fully saturated rings. The fraction of sp³-hybridized carbons (Fsp3) is 0.462. The molecular formula is C13H19NO3. The molecule has 1 aromatic carbocycles. The Bertz CT molecular complexity index is 388. The molecule has 17 heavy (non-hydrogen) atoms. The van der Waals surface area contributed by atoms with Crippen LogP contribution in [0.15, 0.2) is 18.2 Å². The zero-order valence-corrected chi connectivity index (χ0v) is 10.5. The minimum Gasteiger partial charge on any atom is -0.496 e. The Hall–Kier alpha value is -1.71. The second-order valence-electron chi connectivity index (χ2n) is 4.24. The average Bonchev–Trinajstić information content (AvgIpc) is 2.27. The second kappa shape index (κ2) is 6.13. The molecule has 0 aromatic heterocycles. The van der Waals surface area contributed by atoms with Crippen LogP contribution in [0.4, 0.5) is 5.69 Å². The van der Waals surface area contributed by atoms with Gasteiger partial charge in [-0.1, -0.05) is 19.9 Å². The molecule has 0 saturated heterocycles. The Labute approximate surface area is 102 Å². The molecule has 0 radical (unpaired) electrons. The Balaban J connectivity index is 2.74. The summed E-state index contributed by atoms with van der Waals surface area (Å²) in [6, 6.07) is 5.08. The number of anilines is 1. The summed E-state index contributed by atoms with van der Waals surface area (Å²) in [5, 5.41) is 0. The standard InChI is InChI=1S/C13H19NO3/c1-9(2)7-8-17-13(15)12-10(14)5-4-6-11(12)16-3/h4-6,9H,7-8,14H2,1-3H3. The number of carbonyl (C=O) groups excluding carboxylic acids is 1. The van der Waals surface area contributed by atoms with Gasteiger partial charge in [-0.25, -0.2) is 4.79 Å². The van der Waals surface area contributed by atoms with Crippen LogP contribution in [0.5, 0.6) is 5.75 Å². The van der Waals surface area contributed by atoms with Gasteiger partial charge < -0.3 is 15.2 Å². The Morgan fingerprint density at radius 1 is 1.41 bits per heavy atom. The molecule has 0 amide bonds. The van der Waals surface area contributed by atoms with E-state index < -0.39 is 5.97 Å². The predicted molar refractivity (Wildman–Crippen MR) is 67.1 cm³/mol. The topological polar surface area (TPSA) is 61.5 Å². The van der Waals surface area contributed by atoms with E-state index in [0.717, 1.165) is 6.42 Å². The van der Waals surface area contributed by atoms with Crippen LogP contribution in [0.3, 0.4) is 0 Å². The van der Waals surface area contributed by atoms with Gasteiger partial charge in [-0.15, -0.1) is 0 Å². The van der Waals surface area contributed by atoms with E-state index in [2.05, 4.69) is 13.8 Å². The number of carbonyl (C=O) groups is 1. The number of esters is 1. The molecule has 2 N–H and O–H groups in total. The van der Waals surface area contributed by atoms with Crippen molar-refractivity contribution in [2.75, 3.05) is 19.5 Å². The van der Waals surface area contributed by atoms with Gasteiger partial charge in [0, 0.05) is 5.69 Å². The Morgan fingerprint density at radius 2 is 2.12 bits per heavy atom. The van der Waals surface area contributed by atoms with Gasteiger partial charge in [-0.05, 0) is 24.5 Å². The molecule has 4 nitrogen and oxygen atoms in total. The number of ether oxygens (including phenoxy) is 2. The molecule has 4 heteroatoms. The van der Waals surface area contributed by atoms with Crippen molar-refractivity contribution in [3.63, 3.8) is 0 Å². The molecule has 1 aromatic rings. The predicted octanol–water partition coefficient (Wildman–Crippen LogP) is 2.48. The molecule has 0 aliphatic heterocycles. The third-order valence-corrected chi connectivity index (χ3v) is 2.41. The lowest BCUT2D eigenvalue weighted by atomic mass is 10.1. The minimum atomic E-state index is -0.430. The van der Waals surface area contributed by atoms with Gasteiger partial charge in [0.15, 0.2) is 0 Å². The zero-order valence-electron chi connectivity index (χ0n) is 10.5. The summed E-state index contributed by atoms with van der Waals surface area (Å²) < 4.78 is 10.3. The average molecular weight is 237 g/mol. The number of nitrogens with two attached hydrogens (primary N) is 1. The van der Waals surface area contributed by atoms with Gasteiger partial charge in [0.1, 0.15) is 11.3 Å². The van der Waals surface area contributed by atoms with Crippen molar-refractivity contribution in [3.05, 3.63) is 23.8 Å². The van der Waals surface area contributed by atoms with E-state index >= 15 is 0 Å². The Morgan fingerprint density at radius 3 is 2.71 bits per heavy atom. The monoisotopic (exact) mass is 237 g/mol. The zero-order chi connectivity index (χ0) is 12.8. The van der Waals surface area contributed by atoms with Crippen LogP contribution in [0.2, 0.25) is 0 Å². The highest BCUT2D eigenvalue weighted by Crippen LogP contribution is 2.24. The first-order chi connectivity index (χ1) is 8.06. The van der Waals surface area contributed by atoms with E-state index in [4.69, 9.17) is 15.2 Å². The first-order valence-electron chi connectivity index (χ1n) is 5.65. The minimum absolute atomic E-state index is 0.304. The summed E-state index contributed by atoms with van der Waals surface area (Å²) >= 11 is 0.